The number of nitrogen functional groups attached to an aromatic ring is 1. The first-order valence-corrected chi connectivity index (χ1v) is 5.47. The summed E-state index contributed by atoms with van der Waals surface area (Å²) in [4.78, 5) is 15.3. The molecule has 0 fully saturated rings. The number of hydrogen-bond donors (Lipinski definition) is 2. The maximum Gasteiger partial charge on any atom is 0.416 e. The van der Waals surface area contributed by atoms with Crippen LogP contribution in [0.2, 0.25) is 0 Å². The summed E-state index contributed by atoms with van der Waals surface area (Å²) in [6.07, 6.45) is -3.45. The van der Waals surface area contributed by atoms with E-state index in [1.54, 1.807) is 0 Å². The molecule has 3 N–H and O–H groups in total. The van der Waals surface area contributed by atoms with Gasteiger partial charge in [0.2, 0.25) is 0 Å². The largest absolute Gasteiger partial charge is 0.432 e. The lowest BCUT2D eigenvalue weighted by Gasteiger charge is -2.10. The predicted octanol–water partition coefficient (Wildman–Crippen LogP) is 2.30. The Morgan fingerprint density at radius 2 is 2.05 bits per heavy atom. The lowest BCUT2D eigenvalue weighted by molar-refractivity contribution is -0.137. The van der Waals surface area contributed by atoms with E-state index >= 15 is 0 Å². The fourth-order valence-corrected chi connectivity index (χ4v) is 1.63. The molecule has 2 rings (SSSR count). The lowest BCUT2D eigenvalue weighted by atomic mass is 10.0. The van der Waals surface area contributed by atoms with E-state index in [-0.39, 0.29) is 22.8 Å². The highest BCUT2D eigenvalue weighted by molar-refractivity contribution is 5.95. The highest BCUT2D eigenvalue weighted by Gasteiger charge is 2.32. The molecule has 1 heterocycles. The standard InChI is InChI=1S/C12H10F3N3O2/c1-17-10(19)7-2-6(9-5-20-11(16)18-9)3-8(4-7)12(13,14)15/h2-5H,1H3,(H2,16,18)(H,17,19). The Balaban J connectivity index is 2.59. The second-order valence-corrected chi connectivity index (χ2v) is 3.95. The van der Waals surface area contributed by atoms with Gasteiger partial charge in [-0.15, -0.1) is 0 Å². The van der Waals surface area contributed by atoms with Gasteiger partial charge in [-0.1, -0.05) is 0 Å². The summed E-state index contributed by atoms with van der Waals surface area (Å²) in [7, 11) is 1.33. The van der Waals surface area contributed by atoms with Gasteiger partial charge in [-0.2, -0.15) is 18.2 Å². The van der Waals surface area contributed by atoms with Crippen LogP contribution < -0.4 is 11.1 Å². The van der Waals surface area contributed by atoms with Crippen LogP contribution in [-0.2, 0) is 6.18 Å². The molecule has 1 aromatic heterocycles. The molecule has 0 saturated heterocycles. The summed E-state index contributed by atoms with van der Waals surface area (Å²) in [6.45, 7) is 0. The fourth-order valence-electron chi connectivity index (χ4n) is 1.63. The zero-order valence-electron chi connectivity index (χ0n) is 10.3. The highest BCUT2D eigenvalue weighted by atomic mass is 19.4. The number of halogens is 3. The third kappa shape index (κ3) is 2.73. The molecule has 0 saturated carbocycles. The molecule has 0 bridgehead atoms. The van der Waals surface area contributed by atoms with Gasteiger partial charge in [-0.05, 0) is 18.2 Å². The number of amides is 1. The second-order valence-electron chi connectivity index (χ2n) is 3.95. The van der Waals surface area contributed by atoms with Crippen molar-refractivity contribution in [1.82, 2.24) is 10.3 Å². The van der Waals surface area contributed by atoms with Crippen LogP contribution in [0.4, 0.5) is 19.2 Å². The quantitative estimate of drug-likeness (QED) is 0.887. The number of hydrogen-bond acceptors (Lipinski definition) is 4. The molecule has 0 atom stereocenters. The van der Waals surface area contributed by atoms with Gasteiger partial charge in [-0.25, -0.2) is 0 Å². The van der Waals surface area contributed by atoms with E-state index in [2.05, 4.69) is 10.3 Å². The number of carbonyl (C=O) groups is 1. The van der Waals surface area contributed by atoms with Gasteiger partial charge in [0.15, 0.2) is 0 Å². The van der Waals surface area contributed by atoms with E-state index in [0.717, 1.165) is 18.4 Å². The van der Waals surface area contributed by atoms with Crippen LogP contribution in [0.3, 0.4) is 0 Å². The maximum atomic E-state index is 12.8. The normalized spacial score (nSPS) is 11.4. The van der Waals surface area contributed by atoms with Crippen LogP contribution in [0, 0.1) is 0 Å². The van der Waals surface area contributed by atoms with Crippen molar-refractivity contribution in [3.63, 3.8) is 0 Å². The SMILES string of the molecule is CNC(=O)c1cc(-c2coc(N)n2)cc(C(F)(F)F)c1. The summed E-state index contributed by atoms with van der Waals surface area (Å²) in [5.74, 6) is -0.631. The Labute approximate surface area is 111 Å². The van der Waals surface area contributed by atoms with Gasteiger partial charge in [-0.3, -0.25) is 4.79 Å². The molecular weight excluding hydrogens is 275 g/mol. The van der Waals surface area contributed by atoms with Gasteiger partial charge in [0.05, 0.1) is 5.56 Å². The maximum absolute atomic E-state index is 12.8. The average Bonchev–Trinajstić information content (AvgIpc) is 2.83. The molecule has 20 heavy (non-hydrogen) atoms. The first kappa shape index (κ1) is 13.9. The van der Waals surface area contributed by atoms with Gasteiger partial charge in [0.1, 0.15) is 12.0 Å². The van der Waals surface area contributed by atoms with Crippen molar-refractivity contribution in [2.45, 2.75) is 6.18 Å². The summed E-state index contributed by atoms with van der Waals surface area (Å²) < 4.78 is 43.3. The van der Waals surface area contributed by atoms with Crippen LogP contribution in [0.15, 0.2) is 28.9 Å². The minimum atomic E-state index is -4.58. The van der Waals surface area contributed by atoms with Crippen molar-refractivity contribution >= 4 is 11.9 Å². The van der Waals surface area contributed by atoms with E-state index in [9.17, 15) is 18.0 Å². The smallest absolute Gasteiger partial charge is 0.416 e. The number of benzene rings is 1. The molecule has 0 aliphatic heterocycles. The van der Waals surface area contributed by atoms with E-state index in [1.165, 1.54) is 13.1 Å². The Hall–Kier alpha value is -2.51. The van der Waals surface area contributed by atoms with Crippen molar-refractivity contribution in [3.05, 3.63) is 35.6 Å². The number of nitrogens with one attached hydrogen (secondary N) is 1. The third-order valence-electron chi connectivity index (χ3n) is 2.57. The molecule has 0 unspecified atom stereocenters. The molecule has 0 radical (unpaired) electrons. The number of aromatic nitrogens is 1. The Kier molecular flexibility index (Phi) is 3.39. The Bertz CT molecular complexity index is 650. The number of oxazole rings is 1. The fraction of sp³-hybridized carbons (Fsp3) is 0.167. The predicted molar refractivity (Wildman–Crippen MR) is 64.7 cm³/mol. The molecular formula is C12H10F3N3O2. The molecule has 5 nitrogen and oxygen atoms in total. The van der Waals surface area contributed by atoms with Gasteiger partial charge < -0.3 is 15.5 Å². The highest BCUT2D eigenvalue weighted by Crippen LogP contribution is 2.33. The molecule has 0 aliphatic carbocycles. The van der Waals surface area contributed by atoms with Crippen LogP contribution in [0.5, 0.6) is 0 Å². The van der Waals surface area contributed by atoms with Gasteiger partial charge in [0, 0.05) is 18.2 Å². The van der Waals surface area contributed by atoms with Crippen LogP contribution in [0.25, 0.3) is 11.3 Å². The van der Waals surface area contributed by atoms with Crippen molar-refractivity contribution in [2.75, 3.05) is 12.8 Å². The van der Waals surface area contributed by atoms with E-state index in [0.29, 0.717) is 0 Å². The minimum Gasteiger partial charge on any atom is -0.432 e. The van der Waals surface area contributed by atoms with Crippen LogP contribution in [0.1, 0.15) is 15.9 Å². The molecule has 0 aliphatic rings. The monoisotopic (exact) mass is 285 g/mol. The Morgan fingerprint density at radius 3 is 2.55 bits per heavy atom. The van der Waals surface area contributed by atoms with Crippen molar-refractivity contribution in [2.24, 2.45) is 0 Å². The van der Waals surface area contributed by atoms with Crippen molar-refractivity contribution in [1.29, 1.82) is 0 Å². The molecule has 0 spiro atoms. The summed E-state index contributed by atoms with van der Waals surface area (Å²) >= 11 is 0. The van der Waals surface area contributed by atoms with Crippen molar-refractivity contribution in [3.8, 4) is 11.3 Å². The number of alkyl halides is 3. The lowest BCUT2D eigenvalue weighted by Crippen LogP contribution is -2.19. The summed E-state index contributed by atoms with van der Waals surface area (Å²) in [6, 6.07) is 2.76. The van der Waals surface area contributed by atoms with E-state index in [1.807, 2.05) is 0 Å². The van der Waals surface area contributed by atoms with Crippen molar-refractivity contribution < 1.29 is 22.4 Å². The van der Waals surface area contributed by atoms with Gasteiger partial charge >= 0.3 is 6.18 Å². The number of anilines is 1. The molecule has 106 valence electrons. The van der Waals surface area contributed by atoms with Crippen LogP contribution >= 0.6 is 0 Å². The topological polar surface area (TPSA) is 81.2 Å². The van der Waals surface area contributed by atoms with Crippen LogP contribution in [-0.4, -0.2) is 17.9 Å². The zero-order valence-corrected chi connectivity index (χ0v) is 10.3. The zero-order chi connectivity index (χ0) is 14.9. The first-order valence-electron chi connectivity index (χ1n) is 5.47. The Morgan fingerprint density at radius 1 is 1.35 bits per heavy atom. The average molecular weight is 285 g/mol. The second kappa shape index (κ2) is 4.87. The van der Waals surface area contributed by atoms with E-state index in [4.69, 9.17) is 10.2 Å². The third-order valence-corrected chi connectivity index (χ3v) is 2.57. The summed E-state index contributed by atoms with van der Waals surface area (Å²) in [5.41, 5.74) is 4.43. The minimum absolute atomic E-state index is 0.0962. The molecule has 2 aromatic rings. The molecule has 1 amide bonds. The number of nitrogens with two attached hydrogens (primary N) is 1. The first-order chi connectivity index (χ1) is 9.31. The van der Waals surface area contributed by atoms with Gasteiger partial charge in [0.25, 0.3) is 11.9 Å². The number of carbonyl (C=O) groups excluding carboxylic acids is 1. The number of rotatable bonds is 2. The molecule has 8 heteroatoms. The summed E-state index contributed by atoms with van der Waals surface area (Å²) in [5, 5.41) is 2.27. The molecule has 1 aromatic carbocycles. The van der Waals surface area contributed by atoms with E-state index < -0.39 is 17.6 Å². The number of nitrogens with zero attached hydrogens (tertiary/aromatic N) is 1.